The van der Waals surface area contributed by atoms with Gasteiger partial charge in [-0.2, -0.15) is 0 Å². The Morgan fingerprint density at radius 1 is 1.29 bits per heavy atom. The summed E-state index contributed by atoms with van der Waals surface area (Å²) in [5.41, 5.74) is 0.614. The molecule has 0 aromatic carbocycles. The van der Waals surface area contributed by atoms with Crippen LogP contribution >= 0.6 is 11.8 Å². The highest BCUT2D eigenvalue weighted by Gasteiger charge is 2.32. The number of aliphatic imine (C=N–C) groups is 1. The van der Waals surface area contributed by atoms with Crippen LogP contribution in [0.5, 0.6) is 0 Å². The molecule has 0 amide bonds. The lowest BCUT2D eigenvalue weighted by atomic mass is 9.69. The molecule has 1 aliphatic rings. The Bertz CT molecular complexity index is 226. The first-order valence-electron chi connectivity index (χ1n) is 5.24. The molecular formula is C11H22N2S. The monoisotopic (exact) mass is 214 g/mol. The largest absolute Gasteiger partial charge is 0.364 e. The Morgan fingerprint density at radius 3 is 2.36 bits per heavy atom. The van der Waals surface area contributed by atoms with Gasteiger partial charge in [-0.3, -0.25) is 4.99 Å². The molecule has 0 spiro atoms. The Balaban J connectivity index is 2.43. The molecule has 0 aliphatic carbocycles. The Morgan fingerprint density at radius 2 is 1.93 bits per heavy atom. The molecule has 0 bridgehead atoms. The van der Waals surface area contributed by atoms with Crippen LogP contribution in [0.3, 0.4) is 0 Å². The first kappa shape index (κ1) is 11.9. The average molecular weight is 214 g/mol. The molecule has 1 rings (SSSR count). The first-order chi connectivity index (χ1) is 6.33. The lowest BCUT2D eigenvalue weighted by Crippen LogP contribution is -2.40. The second kappa shape index (κ2) is 4.13. The zero-order valence-electron chi connectivity index (χ0n) is 9.98. The summed E-state index contributed by atoms with van der Waals surface area (Å²) in [6, 6.07) is 0. The van der Waals surface area contributed by atoms with E-state index in [2.05, 4.69) is 44.9 Å². The van der Waals surface area contributed by atoms with E-state index in [1.54, 1.807) is 0 Å². The van der Waals surface area contributed by atoms with Gasteiger partial charge in [-0.15, -0.1) is 0 Å². The van der Waals surface area contributed by atoms with Crippen molar-refractivity contribution in [3.05, 3.63) is 0 Å². The van der Waals surface area contributed by atoms with Crippen LogP contribution in [0, 0.1) is 10.8 Å². The predicted molar refractivity (Wildman–Crippen MR) is 66.0 cm³/mol. The van der Waals surface area contributed by atoms with E-state index in [0.717, 1.165) is 24.0 Å². The van der Waals surface area contributed by atoms with E-state index in [-0.39, 0.29) is 0 Å². The highest BCUT2D eigenvalue weighted by atomic mass is 32.2. The van der Waals surface area contributed by atoms with Crippen molar-refractivity contribution in [2.75, 3.05) is 18.8 Å². The van der Waals surface area contributed by atoms with Crippen LogP contribution in [0.15, 0.2) is 4.99 Å². The summed E-state index contributed by atoms with van der Waals surface area (Å²) in [5, 5.41) is 4.57. The second-order valence-electron chi connectivity index (χ2n) is 5.52. The van der Waals surface area contributed by atoms with Crippen molar-refractivity contribution in [1.82, 2.24) is 5.32 Å². The summed E-state index contributed by atoms with van der Waals surface area (Å²) < 4.78 is 0. The van der Waals surface area contributed by atoms with E-state index in [4.69, 9.17) is 0 Å². The maximum atomic E-state index is 4.39. The molecular weight excluding hydrogens is 192 g/mol. The second-order valence-corrected chi connectivity index (χ2v) is 6.61. The standard InChI is InChI=1S/C11H22N2S/c1-10(2,3)11(4,5)8-13-9-12-6-7-14-9/h6-8H2,1-5H3,(H,12,13). The van der Waals surface area contributed by atoms with Gasteiger partial charge in [0.05, 0.1) is 6.54 Å². The van der Waals surface area contributed by atoms with Crippen LogP contribution in [0.2, 0.25) is 0 Å². The smallest absolute Gasteiger partial charge is 0.156 e. The minimum Gasteiger partial charge on any atom is -0.364 e. The summed E-state index contributed by atoms with van der Waals surface area (Å²) in [7, 11) is 0. The van der Waals surface area contributed by atoms with E-state index < -0.39 is 0 Å². The third-order valence-electron chi connectivity index (χ3n) is 3.30. The molecule has 14 heavy (non-hydrogen) atoms. The molecule has 0 unspecified atom stereocenters. The van der Waals surface area contributed by atoms with Gasteiger partial charge in [0.15, 0.2) is 5.17 Å². The van der Waals surface area contributed by atoms with Crippen LogP contribution < -0.4 is 5.32 Å². The summed E-state index contributed by atoms with van der Waals surface area (Å²) >= 11 is 1.83. The summed E-state index contributed by atoms with van der Waals surface area (Å²) in [6.07, 6.45) is 0. The molecule has 1 N–H and O–H groups in total. The molecule has 0 radical (unpaired) electrons. The van der Waals surface area contributed by atoms with Gasteiger partial charge >= 0.3 is 0 Å². The molecule has 0 atom stereocenters. The van der Waals surface area contributed by atoms with Crippen molar-refractivity contribution in [3.63, 3.8) is 0 Å². The van der Waals surface area contributed by atoms with Crippen molar-refractivity contribution < 1.29 is 0 Å². The van der Waals surface area contributed by atoms with Gasteiger partial charge in [-0.1, -0.05) is 46.4 Å². The SMILES string of the molecule is CC(C)(C)C(C)(C)CNC1=NCCS1. The number of amidine groups is 1. The Hall–Kier alpha value is -0.180. The lowest BCUT2D eigenvalue weighted by Gasteiger charge is -2.39. The van der Waals surface area contributed by atoms with Gasteiger partial charge in [0.1, 0.15) is 0 Å². The maximum absolute atomic E-state index is 4.39. The summed E-state index contributed by atoms with van der Waals surface area (Å²) in [5.74, 6) is 1.14. The molecule has 1 heterocycles. The fraction of sp³-hybridized carbons (Fsp3) is 0.909. The van der Waals surface area contributed by atoms with Crippen molar-refractivity contribution in [1.29, 1.82) is 0 Å². The van der Waals surface area contributed by atoms with Crippen molar-refractivity contribution in [3.8, 4) is 0 Å². The third-order valence-corrected chi connectivity index (χ3v) is 4.23. The number of nitrogens with zero attached hydrogens (tertiary/aromatic N) is 1. The zero-order chi connectivity index (χ0) is 10.8. The highest BCUT2D eigenvalue weighted by Crippen LogP contribution is 2.37. The molecule has 0 aromatic heterocycles. The molecule has 3 heteroatoms. The van der Waals surface area contributed by atoms with Crippen molar-refractivity contribution in [2.24, 2.45) is 15.8 Å². The summed E-state index contributed by atoms with van der Waals surface area (Å²) in [4.78, 5) is 4.39. The Labute approximate surface area is 92.0 Å². The molecule has 1 aliphatic heterocycles. The Kier molecular flexibility index (Phi) is 3.51. The van der Waals surface area contributed by atoms with Crippen LogP contribution in [0.25, 0.3) is 0 Å². The van der Waals surface area contributed by atoms with Crippen molar-refractivity contribution >= 4 is 16.9 Å². The van der Waals surface area contributed by atoms with Gasteiger partial charge in [-0.05, 0) is 10.8 Å². The highest BCUT2D eigenvalue weighted by molar-refractivity contribution is 8.14. The van der Waals surface area contributed by atoms with E-state index in [9.17, 15) is 0 Å². The van der Waals surface area contributed by atoms with Crippen LogP contribution in [0.1, 0.15) is 34.6 Å². The normalized spacial score (nSPS) is 18.2. The number of rotatable bonds is 2. The van der Waals surface area contributed by atoms with Crippen molar-refractivity contribution in [2.45, 2.75) is 34.6 Å². The fourth-order valence-corrected chi connectivity index (χ4v) is 1.74. The number of nitrogens with one attached hydrogen (secondary N) is 1. The van der Waals surface area contributed by atoms with E-state index >= 15 is 0 Å². The summed E-state index contributed by atoms with van der Waals surface area (Å²) in [6.45, 7) is 13.5. The topological polar surface area (TPSA) is 24.4 Å². The molecule has 0 fully saturated rings. The number of hydrogen-bond acceptors (Lipinski definition) is 3. The fourth-order valence-electron chi connectivity index (χ4n) is 1.00. The number of thioether (sulfide) groups is 1. The lowest BCUT2D eigenvalue weighted by molar-refractivity contribution is 0.136. The molecule has 82 valence electrons. The molecule has 0 saturated carbocycles. The number of hydrogen-bond donors (Lipinski definition) is 1. The van der Waals surface area contributed by atoms with E-state index in [1.165, 1.54) is 0 Å². The minimum absolute atomic E-state index is 0.290. The molecule has 0 saturated heterocycles. The van der Waals surface area contributed by atoms with Crippen LogP contribution in [-0.2, 0) is 0 Å². The van der Waals surface area contributed by atoms with Crippen LogP contribution in [0.4, 0.5) is 0 Å². The van der Waals surface area contributed by atoms with Gasteiger partial charge in [-0.25, -0.2) is 0 Å². The van der Waals surface area contributed by atoms with Gasteiger partial charge < -0.3 is 5.32 Å². The van der Waals surface area contributed by atoms with E-state index in [0.29, 0.717) is 10.8 Å². The third kappa shape index (κ3) is 2.91. The predicted octanol–water partition coefficient (Wildman–Crippen LogP) is 2.75. The van der Waals surface area contributed by atoms with Crippen LogP contribution in [-0.4, -0.2) is 24.0 Å². The van der Waals surface area contributed by atoms with Gasteiger partial charge in [0, 0.05) is 12.3 Å². The minimum atomic E-state index is 0.290. The average Bonchev–Trinajstić information content (AvgIpc) is 2.50. The quantitative estimate of drug-likeness (QED) is 0.764. The zero-order valence-corrected chi connectivity index (χ0v) is 10.8. The first-order valence-corrected chi connectivity index (χ1v) is 6.23. The molecule has 0 aromatic rings. The van der Waals surface area contributed by atoms with E-state index in [1.807, 2.05) is 11.8 Å². The van der Waals surface area contributed by atoms with Gasteiger partial charge in [0.25, 0.3) is 0 Å². The molecule has 2 nitrogen and oxygen atoms in total. The van der Waals surface area contributed by atoms with Gasteiger partial charge in [0.2, 0.25) is 0 Å². The maximum Gasteiger partial charge on any atom is 0.156 e.